The minimum Gasteiger partial charge on any atom is -0.444 e. The highest BCUT2D eigenvalue weighted by molar-refractivity contribution is 7.14. The molecule has 0 unspecified atom stereocenters. The van der Waals surface area contributed by atoms with Gasteiger partial charge in [0.25, 0.3) is 0 Å². The van der Waals surface area contributed by atoms with Crippen LogP contribution in [0.5, 0.6) is 0 Å². The molecular formula is C23H33N5O3S. The number of thiazole rings is 1. The van der Waals surface area contributed by atoms with Crippen molar-refractivity contribution < 1.29 is 14.3 Å². The van der Waals surface area contributed by atoms with Crippen molar-refractivity contribution in [3.63, 3.8) is 0 Å². The lowest BCUT2D eigenvalue weighted by Gasteiger charge is -2.36. The van der Waals surface area contributed by atoms with Gasteiger partial charge in [0, 0.05) is 48.3 Å². The number of nitrogens with one attached hydrogen (secondary N) is 2. The van der Waals surface area contributed by atoms with E-state index in [0.717, 1.165) is 24.5 Å². The summed E-state index contributed by atoms with van der Waals surface area (Å²) in [6, 6.07) is 7.37. The molecule has 0 atom stereocenters. The molecule has 0 radical (unpaired) electrons. The SMILES string of the molecule is CC(C)(C)OC(=O)N1CCN(c2ccc(NC(=O)Nc3nc(C(C)(C)C)cs3)cc2)CC1. The van der Waals surface area contributed by atoms with Crippen molar-refractivity contribution in [2.24, 2.45) is 0 Å². The lowest BCUT2D eigenvalue weighted by Crippen LogP contribution is -2.50. The number of rotatable bonds is 3. The van der Waals surface area contributed by atoms with Crippen molar-refractivity contribution >= 4 is 40.0 Å². The topological polar surface area (TPSA) is 86.8 Å². The smallest absolute Gasteiger partial charge is 0.410 e. The summed E-state index contributed by atoms with van der Waals surface area (Å²) in [7, 11) is 0. The van der Waals surface area contributed by atoms with Crippen molar-refractivity contribution in [1.82, 2.24) is 9.88 Å². The van der Waals surface area contributed by atoms with Gasteiger partial charge in [-0.2, -0.15) is 0 Å². The highest BCUT2D eigenvalue weighted by Crippen LogP contribution is 2.26. The lowest BCUT2D eigenvalue weighted by atomic mass is 9.93. The Hall–Kier alpha value is -2.81. The molecule has 9 heteroatoms. The molecule has 0 aliphatic carbocycles. The van der Waals surface area contributed by atoms with E-state index < -0.39 is 5.60 Å². The summed E-state index contributed by atoms with van der Waals surface area (Å²) >= 11 is 1.41. The largest absolute Gasteiger partial charge is 0.444 e. The molecule has 0 bridgehead atoms. The lowest BCUT2D eigenvalue weighted by molar-refractivity contribution is 0.0240. The van der Waals surface area contributed by atoms with E-state index in [4.69, 9.17) is 4.74 Å². The number of hydrogen-bond acceptors (Lipinski definition) is 6. The molecule has 1 fully saturated rings. The molecule has 8 nitrogen and oxygen atoms in total. The summed E-state index contributed by atoms with van der Waals surface area (Å²) in [6.07, 6.45) is -0.266. The van der Waals surface area contributed by atoms with Crippen LogP contribution in [0.2, 0.25) is 0 Å². The highest BCUT2D eigenvalue weighted by Gasteiger charge is 2.26. The maximum Gasteiger partial charge on any atom is 0.410 e. The second-order valence-electron chi connectivity index (χ2n) is 9.87. The molecule has 2 aromatic rings. The van der Waals surface area contributed by atoms with Crippen molar-refractivity contribution in [1.29, 1.82) is 0 Å². The molecule has 2 heterocycles. The van der Waals surface area contributed by atoms with E-state index in [1.165, 1.54) is 11.3 Å². The number of piperazine rings is 1. The van der Waals surface area contributed by atoms with E-state index in [2.05, 4.69) is 41.3 Å². The molecule has 2 N–H and O–H groups in total. The minimum atomic E-state index is -0.488. The van der Waals surface area contributed by atoms with E-state index in [1.807, 2.05) is 50.4 Å². The molecule has 0 saturated carbocycles. The average Bonchev–Trinajstić information content (AvgIpc) is 3.16. The van der Waals surface area contributed by atoms with Crippen molar-refractivity contribution in [3.8, 4) is 0 Å². The van der Waals surface area contributed by atoms with Gasteiger partial charge in [-0.3, -0.25) is 5.32 Å². The molecule has 0 spiro atoms. The second kappa shape index (κ2) is 9.36. The number of carbonyl (C=O) groups excluding carboxylic acids is 2. The van der Waals surface area contributed by atoms with E-state index in [1.54, 1.807) is 4.90 Å². The van der Waals surface area contributed by atoms with Crippen LogP contribution in [-0.4, -0.2) is 53.8 Å². The number of hydrogen-bond donors (Lipinski definition) is 2. The van der Waals surface area contributed by atoms with E-state index >= 15 is 0 Å². The maximum atomic E-state index is 12.3. The molecule has 1 aliphatic heterocycles. The summed E-state index contributed by atoms with van der Waals surface area (Å²) in [6.45, 7) is 14.6. The van der Waals surface area contributed by atoms with Crippen LogP contribution in [0.3, 0.4) is 0 Å². The van der Waals surface area contributed by atoms with E-state index in [0.29, 0.717) is 23.9 Å². The Labute approximate surface area is 194 Å². The minimum absolute atomic E-state index is 0.0544. The zero-order valence-corrected chi connectivity index (χ0v) is 20.5. The van der Waals surface area contributed by atoms with Crippen LogP contribution in [0.25, 0.3) is 0 Å². The Morgan fingerprint density at radius 2 is 1.59 bits per heavy atom. The third-order valence-corrected chi connectivity index (χ3v) is 5.67. The zero-order chi connectivity index (χ0) is 23.5. The fraction of sp³-hybridized carbons (Fsp3) is 0.522. The number of carbonyl (C=O) groups is 2. The van der Waals surface area contributed by atoms with Gasteiger partial charge in [-0.25, -0.2) is 14.6 Å². The number of aromatic nitrogens is 1. The first-order valence-electron chi connectivity index (χ1n) is 10.8. The standard InChI is InChI=1S/C23H33N5O3S/c1-22(2,3)18-15-32-20(25-18)26-19(29)24-16-7-9-17(10-8-16)27-11-13-28(14-12-27)21(30)31-23(4,5)6/h7-10,15H,11-14H2,1-6H3,(H2,24,25,26,29). The van der Waals surface area contributed by atoms with Gasteiger partial charge < -0.3 is 19.9 Å². The zero-order valence-electron chi connectivity index (χ0n) is 19.7. The average molecular weight is 460 g/mol. The number of urea groups is 1. The second-order valence-corrected chi connectivity index (χ2v) is 10.7. The fourth-order valence-electron chi connectivity index (χ4n) is 3.16. The molecule has 3 rings (SSSR count). The first-order chi connectivity index (χ1) is 14.9. The number of amides is 3. The molecule has 1 aromatic carbocycles. The van der Waals surface area contributed by atoms with Crippen LogP contribution in [0.15, 0.2) is 29.6 Å². The molecule has 1 aliphatic rings. The molecule has 3 amide bonds. The predicted molar refractivity (Wildman–Crippen MR) is 130 cm³/mol. The van der Waals surface area contributed by atoms with Gasteiger partial charge in [0.2, 0.25) is 0 Å². The van der Waals surface area contributed by atoms with Crippen LogP contribution in [-0.2, 0) is 10.2 Å². The first kappa shape index (κ1) is 23.8. The van der Waals surface area contributed by atoms with Crippen LogP contribution in [0, 0.1) is 0 Å². The number of anilines is 3. The van der Waals surface area contributed by atoms with Gasteiger partial charge in [0.15, 0.2) is 5.13 Å². The molecule has 32 heavy (non-hydrogen) atoms. The maximum absolute atomic E-state index is 12.3. The normalized spacial score (nSPS) is 14.8. The van der Waals surface area contributed by atoms with Gasteiger partial charge in [-0.05, 0) is 45.0 Å². The van der Waals surface area contributed by atoms with Gasteiger partial charge in [-0.15, -0.1) is 11.3 Å². The van der Waals surface area contributed by atoms with Gasteiger partial charge >= 0.3 is 12.1 Å². The summed E-state index contributed by atoms with van der Waals surface area (Å²) in [4.78, 5) is 33.0. The summed E-state index contributed by atoms with van der Waals surface area (Å²) < 4.78 is 5.45. The Morgan fingerprint density at radius 3 is 2.12 bits per heavy atom. The Balaban J connectivity index is 1.49. The van der Waals surface area contributed by atoms with Crippen LogP contribution >= 0.6 is 11.3 Å². The van der Waals surface area contributed by atoms with Gasteiger partial charge in [0.05, 0.1) is 5.69 Å². The van der Waals surface area contributed by atoms with Crippen LogP contribution < -0.4 is 15.5 Å². The van der Waals surface area contributed by atoms with Crippen molar-refractivity contribution in [2.45, 2.75) is 52.6 Å². The van der Waals surface area contributed by atoms with Crippen molar-refractivity contribution in [3.05, 3.63) is 35.3 Å². The molecule has 1 saturated heterocycles. The van der Waals surface area contributed by atoms with Crippen LogP contribution in [0.4, 0.5) is 26.1 Å². The number of ether oxygens (including phenoxy) is 1. The van der Waals surface area contributed by atoms with Crippen LogP contribution in [0.1, 0.15) is 47.2 Å². The summed E-state index contributed by atoms with van der Waals surface area (Å²) in [5.41, 5.74) is 2.16. The Bertz CT molecular complexity index is 936. The predicted octanol–water partition coefficient (Wildman–Crippen LogP) is 5.14. The Morgan fingerprint density at radius 1 is 0.969 bits per heavy atom. The van der Waals surface area contributed by atoms with Crippen molar-refractivity contribution in [2.75, 3.05) is 41.7 Å². The van der Waals surface area contributed by atoms with E-state index in [9.17, 15) is 9.59 Å². The van der Waals surface area contributed by atoms with Gasteiger partial charge in [-0.1, -0.05) is 20.8 Å². The number of nitrogens with zero attached hydrogens (tertiary/aromatic N) is 3. The molecular weight excluding hydrogens is 426 g/mol. The quantitative estimate of drug-likeness (QED) is 0.663. The Kier molecular flexibility index (Phi) is 6.97. The summed E-state index contributed by atoms with van der Waals surface area (Å²) in [5, 5.41) is 8.17. The monoisotopic (exact) mass is 459 g/mol. The molecule has 174 valence electrons. The third-order valence-electron chi connectivity index (χ3n) is 4.91. The van der Waals surface area contributed by atoms with E-state index in [-0.39, 0.29) is 17.5 Å². The van der Waals surface area contributed by atoms with Gasteiger partial charge in [0.1, 0.15) is 5.60 Å². The first-order valence-corrected chi connectivity index (χ1v) is 11.7. The summed E-state index contributed by atoms with van der Waals surface area (Å²) in [5.74, 6) is 0. The highest BCUT2D eigenvalue weighted by atomic mass is 32.1. The number of benzene rings is 1. The molecule has 1 aromatic heterocycles. The third kappa shape index (κ3) is 6.59. The fourth-order valence-corrected chi connectivity index (χ4v) is 4.10.